The van der Waals surface area contributed by atoms with Gasteiger partial charge in [-0.2, -0.15) is 11.8 Å². The molecule has 0 aliphatic heterocycles. The molecule has 2 rings (SSSR count). The van der Waals surface area contributed by atoms with Crippen molar-refractivity contribution in [1.82, 2.24) is 5.32 Å². The smallest absolute Gasteiger partial charge is 0.243 e. The van der Waals surface area contributed by atoms with Crippen molar-refractivity contribution in [3.05, 3.63) is 64.1 Å². The van der Waals surface area contributed by atoms with Crippen LogP contribution in [0, 0.1) is 0 Å². The maximum absolute atomic E-state index is 12.7. The average Bonchev–Trinajstić information content (AvgIpc) is 2.65. The predicted octanol–water partition coefficient (Wildman–Crippen LogP) is 4.59. The topological polar surface area (TPSA) is 66.5 Å². The fourth-order valence-corrected chi connectivity index (χ4v) is 5.37. The van der Waals surface area contributed by atoms with Crippen LogP contribution in [0.1, 0.15) is 18.9 Å². The third-order valence-electron chi connectivity index (χ3n) is 4.15. The number of carbonyl (C=O) groups excluding carboxylic acids is 1. The first kappa shape index (κ1) is 23.9. The number of amides is 1. The van der Waals surface area contributed by atoms with Crippen LogP contribution in [-0.2, 0) is 20.6 Å². The number of benzene rings is 2. The average molecular weight is 475 g/mol. The first-order valence-corrected chi connectivity index (χ1v) is 12.8. The molecule has 0 fully saturated rings. The molecule has 0 heterocycles. The molecule has 2 aromatic rings. The van der Waals surface area contributed by atoms with E-state index in [1.54, 1.807) is 36.9 Å². The normalized spacial score (nSPS) is 12.4. The van der Waals surface area contributed by atoms with E-state index < -0.39 is 16.1 Å². The molecule has 0 radical (unpaired) electrons. The largest absolute Gasteiger partial charge is 0.353 e. The number of halogens is 2. The number of nitrogens with one attached hydrogen (secondary N) is 1. The molecule has 0 aliphatic carbocycles. The number of anilines is 1. The first-order valence-electron chi connectivity index (χ1n) is 9.08. The van der Waals surface area contributed by atoms with Crippen molar-refractivity contribution in [2.45, 2.75) is 25.1 Å². The molecule has 1 atom stereocenters. The molecular weight excluding hydrogens is 451 g/mol. The van der Waals surface area contributed by atoms with Crippen LogP contribution in [0.2, 0.25) is 10.0 Å². The third kappa shape index (κ3) is 7.10. The van der Waals surface area contributed by atoms with Crippen molar-refractivity contribution in [2.24, 2.45) is 0 Å². The molecule has 158 valence electrons. The van der Waals surface area contributed by atoms with E-state index in [0.29, 0.717) is 29.4 Å². The highest BCUT2D eigenvalue weighted by Gasteiger charge is 2.31. The highest BCUT2D eigenvalue weighted by atomic mass is 35.5. The van der Waals surface area contributed by atoms with Crippen LogP contribution in [0.15, 0.2) is 48.5 Å². The Morgan fingerprint density at radius 2 is 1.90 bits per heavy atom. The standard InChI is InChI=1S/C20H24Cl2N2O3S2/c1-3-19(24(29(2,26)27)17-9-6-8-16(21)13-17)20(25)23-11-12-28-14-15-7-4-5-10-18(15)22/h4-10,13,19H,3,11-12,14H2,1-2H3,(H,23,25)/t19-/m0/s1. The van der Waals surface area contributed by atoms with Gasteiger partial charge in [0.1, 0.15) is 6.04 Å². The van der Waals surface area contributed by atoms with Gasteiger partial charge in [0.15, 0.2) is 0 Å². The quantitative estimate of drug-likeness (QED) is 0.511. The van der Waals surface area contributed by atoms with Gasteiger partial charge in [-0.25, -0.2) is 8.42 Å². The zero-order valence-corrected chi connectivity index (χ0v) is 19.4. The Kier molecular flexibility index (Phi) is 9.14. The summed E-state index contributed by atoms with van der Waals surface area (Å²) in [5.74, 6) is 1.09. The highest BCUT2D eigenvalue weighted by molar-refractivity contribution is 7.98. The molecule has 1 amide bonds. The maximum atomic E-state index is 12.7. The van der Waals surface area contributed by atoms with Crippen LogP contribution in [0.25, 0.3) is 0 Å². The number of nitrogens with zero attached hydrogens (tertiary/aromatic N) is 1. The second-order valence-electron chi connectivity index (χ2n) is 6.40. The van der Waals surface area contributed by atoms with E-state index in [2.05, 4.69) is 5.32 Å². The second-order valence-corrected chi connectivity index (χ2v) is 10.2. The van der Waals surface area contributed by atoms with Gasteiger partial charge in [-0.3, -0.25) is 9.10 Å². The van der Waals surface area contributed by atoms with E-state index in [4.69, 9.17) is 23.2 Å². The SMILES string of the molecule is CC[C@@H](C(=O)NCCSCc1ccccc1Cl)N(c1cccc(Cl)c1)S(C)(=O)=O. The van der Waals surface area contributed by atoms with Crippen LogP contribution in [-0.4, -0.2) is 38.9 Å². The van der Waals surface area contributed by atoms with Crippen molar-refractivity contribution < 1.29 is 13.2 Å². The number of hydrogen-bond donors (Lipinski definition) is 1. The Labute approximate surface area is 186 Å². The molecule has 2 aromatic carbocycles. The van der Waals surface area contributed by atoms with E-state index >= 15 is 0 Å². The van der Waals surface area contributed by atoms with Gasteiger partial charge in [-0.05, 0) is 36.2 Å². The Morgan fingerprint density at radius 3 is 2.52 bits per heavy atom. The molecule has 5 nitrogen and oxygen atoms in total. The maximum Gasteiger partial charge on any atom is 0.243 e. The summed E-state index contributed by atoms with van der Waals surface area (Å²) in [4.78, 5) is 12.7. The van der Waals surface area contributed by atoms with Gasteiger partial charge in [0.2, 0.25) is 15.9 Å². The second kappa shape index (κ2) is 11.1. The predicted molar refractivity (Wildman–Crippen MR) is 123 cm³/mol. The fraction of sp³-hybridized carbons (Fsp3) is 0.350. The Morgan fingerprint density at radius 1 is 1.17 bits per heavy atom. The molecule has 0 saturated carbocycles. The van der Waals surface area contributed by atoms with E-state index in [0.717, 1.165) is 26.9 Å². The summed E-state index contributed by atoms with van der Waals surface area (Å²) in [6.07, 6.45) is 1.42. The van der Waals surface area contributed by atoms with Crippen LogP contribution >= 0.6 is 35.0 Å². The van der Waals surface area contributed by atoms with Crippen molar-refractivity contribution in [3.8, 4) is 0 Å². The lowest BCUT2D eigenvalue weighted by atomic mass is 10.2. The number of sulfonamides is 1. The number of hydrogen-bond acceptors (Lipinski definition) is 4. The summed E-state index contributed by atoms with van der Waals surface area (Å²) in [7, 11) is -3.67. The van der Waals surface area contributed by atoms with Crippen molar-refractivity contribution in [2.75, 3.05) is 22.9 Å². The van der Waals surface area contributed by atoms with E-state index in [1.165, 1.54) is 6.07 Å². The van der Waals surface area contributed by atoms with Crippen LogP contribution in [0.4, 0.5) is 5.69 Å². The van der Waals surface area contributed by atoms with Crippen molar-refractivity contribution >= 4 is 56.6 Å². The van der Waals surface area contributed by atoms with Gasteiger partial charge in [-0.1, -0.05) is 54.4 Å². The molecule has 0 spiro atoms. The lowest BCUT2D eigenvalue weighted by Crippen LogP contribution is -2.49. The summed E-state index contributed by atoms with van der Waals surface area (Å²) >= 11 is 13.8. The van der Waals surface area contributed by atoms with Crippen LogP contribution in [0.3, 0.4) is 0 Å². The van der Waals surface area contributed by atoms with Crippen LogP contribution < -0.4 is 9.62 Å². The van der Waals surface area contributed by atoms with Gasteiger partial charge in [0.05, 0.1) is 11.9 Å². The molecule has 0 aliphatic rings. The summed E-state index contributed by atoms with van der Waals surface area (Å²) in [5.41, 5.74) is 1.41. The molecule has 29 heavy (non-hydrogen) atoms. The lowest BCUT2D eigenvalue weighted by molar-refractivity contribution is -0.122. The monoisotopic (exact) mass is 474 g/mol. The van der Waals surface area contributed by atoms with E-state index in [9.17, 15) is 13.2 Å². The third-order valence-corrected chi connectivity index (χ3v) is 6.95. The first-order chi connectivity index (χ1) is 13.7. The van der Waals surface area contributed by atoms with E-state index in [1.807, 2.05) is 24.3 Å². The molecule has 0 aromatic heterocycles. The minimum absolute atomic E-state index is 0.332. The zero-order valence-electron chi connectivity index (χ0n) is 16.3. The van der Waals surface area contributed by atoms with Crippen molar-refractivity contribution in [3.63, 3.8) is 0 Å². The Hall–Kier alpha value is -1.41. The molecule has 1 N–H and O–H groups in total. The molecule has 0 bridgehead atoms. The minimum atomic E-state index is -3.67. The lowest BCUT2D eigenvalue weighted by Gasteiger charge is -2.30. The Bertz CT molecular complexity index is 939. The number of thioether (sulfide) groups is 1. The summed E-state index contributed by atoms with van der Waals surface area (Å²) in [6, 6.07) is 13.3. The van der Waals surface area contributed by atoms with Gasteiger partial charge in [-0.15, -0.1) is 0 Å². The molecular formula is C20H24Cl2N2O3S2. The van der Waals surface area contributed by atoms with Crippen LogP contribution in [0.5, 0.6) is 0 Å². The summed E-state index contributed by atoms with van der Waals surface area (Å²) in [6.45, 7) is 2.21. The van der Waals surface area contributed by atoms with Gasteiger partial charge in [0, 0.05) is 28.1 Å². The van der Waals surface area contributed by atoms with Crippen molar-refractivity contribution in [1.29, 1.82) is 0 Å². The summed E-state index contributed by atoms with van der Waals surface area (Å²) < 4.78 is 25.9. The van der Waals surface area contributed by atoms with E-state index in [-0.39, 0.29) is 5.91 Å². The fourth-order valence-electron chi connectivity index (χ4n) is 2.84. The molecule has 0 saturated heterocycles. The van der Waals surface area contributed by atoms with Gasteiger partial charge in [0.25, 0.3) is 0 Å². The molecule has 0 unspecified atom stereocenters. The van der Waals surface area contributed by atoms with Gasteiger partial charge >= 0.3 is 0 Å². The molecule has 9 heteroatoms. The highest BCUT2D eigenvalue weighted by Crippen LogP contribution is 2.25. The Balaban J connectivity index is 1.98. The minimum Gasteiger partial charge on any atom is -0.353 e. The number of carbonyl (C=O) groups is 1. The zero-order chi connectivity index (χ0) is 21.4. The summed E-state index contributed by atoms with van der Waals surface area (Å²) in [5, 5.41) is 3.97. The van der Waals surface area contributed by atoms with Gasteiger partial charge < -0.3 is 5.32 Å². The number of rotatable bonds is 10.